The van der Waals surface area contributed by atoms with E-state index in [4.69, 9.17) is 0 Å². The first-order chi connectivity index (χ1) is 8.01. The molecule has 1 fully saturated rings. The van der Waals surface area contributed by atoms with Crippen molar-refractivity contribution in [1.29, 1.82) is 0 Å². The summed E-state index contributed by atoms with van der Waals surface area (Å²) in [5.41, 5.74) is 0. The molecule has 6 heteroatoms. The van der Waals surface area contributed by atoms with Crippen molar-refractivity contribution < 1.29 is 8.42 Å². The van der Waals surface area contributed by atoms with E-state index in [9.17, 15) is 8.42 Å². The van der Waals surface area contributed by atoms with E-state index in [-0.39, 0.29) is 6.04 Å². The van der Waals surface area contributed by atoms with Crippen LogP contribution in [-0.4, -0.2) is 38.4 Å². The number of benzene rings is 1. The number of hydrogen-bond donors (Lipinski definition) is 1. The van der Waals surface area contributed by atoms with Crippen molar-refractivity contribution in [1.82, 2.24) is 9.62 Å². The molecule has 0 aliphatic carbocycles. The molecule has 2 rings (SSSR count). The van der Waals surface area contributed by atoms with Crippen LogP contribution in [0.15, 0.2) is 29.2 Å². The molecule has 0 aromatic heterocycles. The Balaban J connectivity index is 2.32. The number of halogens is 1. The monoisotopic (exact) mass is 366 g/mol. The van der Waals surface area contributed by atoms with Crippen molar-refractivity contribution in [2.45, 2.75) is 17.9 Å². The van der Waals surface area contributed by atoms with E-state index in [0.29, 0.717) is 24.5 Å². The molecular weight excluding hydrogens is 351 g/mol. The van der Waals surface area contributed by atoms with Crippen molar-refractivity contribution >= 4 is 32.6 Å². The van der Waals surface area contributed by atoms with Gasteiger partial charge < -0.3 is 5.32 Å². The summed E-state index contributed by atoms with van der Waals surface area (Å²) in [5, 5.41) is 3.19. The summed E-state index contributed by atoms with van der Waals surface area (Å²) in [7, 11) is -3.34. The highest BCUT2D eigenvalue weighted by Gasteiger charge is 2.30. The molecule has 0 bridgehead atoms. The fourth-order valence-corrected chi connectivity index (χ4v) is 3.91. The van der Waals surface area contributed by atoms with Crippen molar-refractivity contribution in [2.24, 2.45) is 0 Å². The Morgan fingerprint density at radius 3 is 2.59 bits per heavy atom. The number of rotatable bonds is 2. The van der Waals surface area contributed by atoms with Crippen molar-refractivity contribution in [3.63, 3.8) is 0 Å². The molecule has 1 N–H and O–H groups in total. The van der Waals surface area contributed by atoms with Gasteiger partial charge in [0.05, 0.1) is 4.90 Å². The topological polar surface area (TPSA) is 49.4 Å². The molecular formula is C11H15IN2O2S. The van der Waals surface area contributed by atoms with E-state index < -0.39 is 10.0 Å². The van der Waals surface area contributed by atoms with Gasteiger partial charge in [0.15, 0.2) is 0 Å². The van der Waals surface area contributed by atoms with E-state index >= 15 is 0 Å². The molecule has 1 saturated heterocycles. The Kier molecular flexibility index (Phi) is 4.06. The summed E-state index contributed by atoms with van der Waals surface area (Å²) in [6.07, 6.45) is 0. The molecule has 1 aromatic rings. The second-order valence-electron chi connectivity index (χ2n) is 4.12. The predicted molar refractivity (Wildman–Crippen MR) is 75.4 cm³/mol. The molecule has 1 aliphatic heterocycles. The van der Waals surface area contributed by atoms with Crippen LogP contribution in [0.3, 0.4) is 0 Å². The van der Waals surface area contributed by atoms with Crippen LogP contribution in [0.2, 0.25) is 0 Å². The third-order valence-corrected chi connectivity index (χ3v) is 5.61. The van der Waals surface area contributed by atoms with E-state index in [1.54, 1.807) is 16.4 Å². The van der Waals surface area contributed by atoms with E-state index in [1.165, 1.54) is 0 Å². The molecule has 17 heavy (non-hydrogen) atoms. The standard InChI is InChI=1S/C11H15IN2O2S/c1-9-8-13-6-7-14(9)17(15,16)11-4-2-10(12)3-5-11/h2-5,9,13H,6-8H2,1H3/t9-/m0/s1. The van der Waals surface area contributed by atoms with Crippen molar-refractivity contribution in [2.75, 3.05) is 19.6 Å². The normalized spacial score (nSPS) is 22.6. The Morgan fingerprint density at radius 1 is 1.35 bits per heavy atom. The van der Waals surface area contributed by atoms with Gasteiger partial charge in [0.1, 0.15) is 0 Å². The lowest BCUT2D eigenvalue weighted by molar-refractivity contribution is 0.284. The molecule has 1 heterocycles. The van der Waals surface area contributed by atoms with Crippen molar-refractivity contribution in [3.05, 3.63) is 27.8 Å². The van der Waals surface area contributed by atoms with Crippen LogP contribution in [0.4, 0.5) is 0 Å². The summed E-state index contributed by atoms with van der Waals surface area (Å²) in [5.74, 6) is 0. The second kappa shape index (κ2) is 5.21. The largest absolute Gasteiger partial charge is 0.314 e. The number of sulfonamides is 1. The molecule has 4 nitrogen and oxygen atoms in total. The summed E-state index contributed by atoms with van der Waals surface area (Å²) in [4.78, 5) is 0.381. The van der Waals surface area contributed by atoms with Gasteiger partial charge in [0.2, 0.25) is 10.0 Å². The summed E-state index contributed by atoms with van der Waals surface area (Å²) in [6, 6.07) is 6.99. The maximum Gasteiger partial charge on any atom is 0.243 e. The molecule has 0 unspecified atom stereocenters. The van der Waals surface area contributed by atoms with Crippen LogP contribution in [0.25, 0.3) is 0 Å². The molecule has 0 radical (unpaired) electrons. The highest BCUT2D eigenvalue weighted by Crippen LogP contribution is 2.20. The van der Waals surface area contributed by atoms with Gasteiger partial charge in [-0.2, -0.15) is 4.31 Å². The van der Waals surface area contributed by atoms with Crippen LogP contribution in [-0.2, 0) is 10.0 Å². The lowest BCUT2D eigenvalue weighted by Crippen LogP contribution is -2.52. The minimum absolute atomic E-state index is 0.00743. The van der Waals surface area contributed by atoms with Gasteiger partial charge in [-0.05, 0) is 53.8 Å². The fourth-order valence-electron chi connectivity index (χ4n) is 1.92. The third kappa shape index (κ3) is 2.81. The number of piperazine rings is 1. The highest BCUT2D eigenvalue weighted by molar-refractivity contribution is 14.1. The van der Waals surface area contributed by atoms with E-state index in [0.717, 1.165) is 3.57 Å². The van der Waals surface area contributed by atoms with Crippen LogP contribution in [0, 0.1) is 3.57 Å². The average molecular weight is 366 g/mol. The Bertz CT molecular complexity index is 487. The zero-order valence-electron chi connectivity index (χ0n) is 9.56. The summed E-state index contributed by atoms with van der Waals surface area (Å²) < 4.78 is 27.4. The van der Waals surface area contributed by atoms with Crippen LogP contribution >= 0.6 is 22.6 Å². The SMILES string of the molecule is C[C@H]1CNCCN1S(=O)(=O)c1ccc(I)cc1. The maximum atomic E-state index is 12.4. The Labute approximate surface area is 116 Å². The number of nitrogens with zero attached hydrogens (tertiary/aromatic N) is 1. The molecule has 94 valence electrons. The van der Waals surface area contributed by atoms with Gasteiger partial charge >= 0.3 is 0 Å². The van der Waals surface area contributed by atoms with Gasteiger partial charge in [0, 0.05) is 29.2 Å². The minimum atomic E-state index is -3.34. The van der Waals surface area contributed by atoms with Crippen molar-refractivity contribution in [3.8, 4) is 0 Å². The quantitative estimate of drug-likeness (QED) is 0.803. The van der Waals surface area contributed by atoms with Gasteiger partial charge in [-0.3, -0.25) is 0 Å². The zero-order valence-corrected chi connectivity index (χ0v) is 12.5. The summed E-state index contributed by atoms with van der Waals surface area (Å²) >= 11 is 2.16. The summed E-state index contributed by atoms with van der Waals surface area (Å²) in [6.45, 7) is 3.89. The van der Waals surface area contributed by atoms with E-state index in [2.05, 4.69) is 27.9 Å². The number of nitrogens with one attached hydrogen (secondary N) is 1. The predicted octanol–water partition coefficient (Wildman–Crippen LogP) is 1.27. The van der Waals surface area contributed by atoms with Gasteiger partial charge in [-0.15, -0.1) is 0 Å². The first-order valence-corrected chi connectivity index (χ1v) is 8.02. The third-order valence-electron chi connectivity index (χ3n) is 2.86. The van der Waals surface area contributed by atoms with Gasteiger partial charge in [-0.25, -0.2) is 8.42 Å². The zero-order chi connectivity index (χ0) is 12.5. The smallest absolute Gasteiger partial charge is 0.243 e. The Morgan fingerprint density at radius 2 is 2.00 bits per heavy atom. The maximum absolute atomic E-state index is 12.4. The molecule has 0 spiro atoms. The van der Waals surface area contributed by atoms with Crippen LogP contribution in [0.5, 0.6) is 0 Å². The first kappa shape index (κ1) is 13.3. The molecule has 1 atom stereocenters. The second-order valence-corrected chi connectivity index (χ2v) is 7.26. The fraction of sp³-hybridized carbons (Fsp3) is 0.455. The lowest BCUT2D eigenvalue weighted by atomic mass is 10.3. The van der Waals surface area contributed by atoms with Crippen LogP contribution in [0.1, 0.15) is 6.92 Å². The molecule has 1 aliphatic rings. The van der Waals surface area contributed by atoms with Gasteiger partial charge in [-0.1, -0.05) is 0 Å². The van der Waals surface area contributed by atoms with Gasteiger partial charge in [0.25, 0.3) is 0 Å². The highest BCUT2D eigenvalue weighted by atomic mass is 127. The lowest BCUT2D eigenvalue weighted by Gasteiger charge is -2.32. The minimum Gasteiger partial charge on any atom is -0.314 e. The Hall–Kier alpha value is -0.180. The molecule has 1 aromatic carbocycles. The van der Waals surface area contributed by atoms with E-state index in [1.807, 2.05) is 19.1 Å². The number of hydrogen-bond acceptors (Lipinski definition) is 3. The molecule has 0 amide bonds. The van der Waals surface area contributed by atoms with Crippen LogP contribution < -0.4 is 5.32 Å². The molecule has 0 saturated carbocycles. The average Bonchev–Trinajstić information content (AvgIpc) is 2.30. The first-order valence-electron chi connectivity index (χ1n) is 5.50.